The summed E-state index contributed by atoms with van der Waals surface area (Å²) >= 11 is 0. The number of methoxy groups -OCH3 is 2. The summed E-state index contributed by atoms with van der Waals surface area (Å²) < 4.78 is 16.0. The first kappa shape index (κ1) is 13.9. The third-order valence-electron chi connectivity index (χ3n) is 4.04. The van der Waals surface area contributed by atoms with E-state index in [0.29, 0.717) is 23.2 Å². The van der Waals surface area contributed by atoms with E-state index >= 15 is 0 Å². The summed E-state index contributed by atoms with van der Waals surface area (Å²) in [5.74, 6) is 3.15. The van der Waals surface area contributed by atoms with Crippen molar-refractivity contribution < 1.29 is 14.0 Å². The topological polar surface area (TPSA) is 57.4 Å². The summed E-state index contributed by atoms with van der Waals surface area (Å²) in [6, 6.07) is 5.63. The summed E-state index contributed by atoms with van der Waals surface area (Å²) in [5, 5.41) is 4.11. The van der Waals surface area contributed by atoms with Crippen molar-refractivity contribution in [2.24, 2.45) is 0 Å². The lowest BCUT2D eigenvalue weighted by atomic mass is 9.89. The number of hydrogen-bond acceptors (Lipinski definition) is 5. The molecular formula is C16H20N2O3. The predicted molar refractivity (Wildman–Crippen MR) is 78.7 cm³/mol. The molecule has 1 aliphatic carbocycles. The first-order valence-electron chi connectivity index (χ1n) is 7.38. The van der Waals surface area contributed by atoms with Crippen LogP contribution in [0.15, 0.2) is 22.7 Å². The molecule has 0 amide bonds. The van der Waals surface area contributed by atoms with Crippen LogP contribution >= 0.6 is 0 Å². The molecule has 1 aromatic heterocycles. The van der Waals surface area contributed by atoms with E-state index in [1.54, 1.807) is 14.2 Å². The van der Waals surface area contributed by atoms with Crippen molar-refractivity contribution in [3.05, 3.63) is 24.1 Å². The maximum absolute atomic E-state index is 5.46. The summed E-state index contributed by atoms with van der Waals surface area (Å²) in [4.78, 5) is 4.56. The average Bonchev–Trinajstić information content (AvgIpc) is 3.05. The molecule has 1 aromatic carbocycles. The molecule has 0 unspecified atom stereocenters. The number of ether oxygens (including phenoxy) is 2. The highest BCUT2D eigenvalue weighted by Crippen LogP contribution is 2.34. The van der Waals surface area contributed by atoms with Crippen LogP contribution in [0.2, 0.25) is 0 Å². The van der Waals surface area contributed by atoms with E-state index < -0.39 is 0 Å². The summed E-state index contributed by atoms with van der Waals surface area (Å²) in [5.41, 5.74) is 0.874. The quantitative estimate of drug-likeness (QED) is 0.856. The summed E-state index contributed by atoms with van der Waals surface area (Å²) in [6.45, 7) is 0. The smallest absolute Gasteiger partial charge is 0.230 e. The van der Waals surface area contributed by atoms with E-state index in [0.717, 1.165) is 24.3 Å². The SMILES string of the molecule is COc1ccc(-c2noc(C3CCCCC3)n2)cc1OC. The molecule has 0 radical (unpaired) electrons. The maximum atomic E-state index is 5.46. The fraction of sp³-hybridized carbons (Fsp3) is 0.500. The van der Waals surface area contributed by atoms with E-state index in [2.05, 4.69) is 10.1 Å². The monoisotopic (exact) mass is 288 g/mol. The third-order valence-corrected chi connectivity index (χ3v) is 4.04. The Labute approximate surface area is 124 Å². The molecule has 0 spiro atoms. The van der Waals surface area contributed by atoms with Crippen LogP contribution in [0.4, 0.5) is 0 Å². The van der Waals surface area contributed by atoms with Gasteiger partial charge in [0.15, 0.2) is 11.5 Å². The van der Waals surface area contributed by atoms with Crippen LogP contribution in [-0.4, -0.2) is 24.4 Å². The van der Waals surface area contributed by atoms with E-state index in [9.17, 15) is 0 Å². The van der Waals surface area contributed by atoms with Gasteiger partial charge in [-0.1, -0.05) is 24.4 Å². The minimum absolute atomic E-state index is 0.417. The van der Waals surface area contributed by atoms with Gasteiger partial charge in [0.1, 0.15) is 0 Å². The Bertz CT molecular complexity index is 603. The molecule has 1 aliphatic rings. The van der Waals surface area contributed by atoms with Crippen LogP contribution < -0.4 is 9.47 Å². The molecule has 1 heterocycles. The van der Waals surface area contributed by atoms with Crippen molar-refractivity contribution in [2.75, 3.05) is 14.2 Å². The molecule has 2 aromatic rings. The van der Waals surface area contributed by atoms with E-state index in [-0.39, 0.29) is 0 Å². The van der Waals surface area contributed by atoms with Crippen molar-refractivity contribution in [1.82, 2.24) is 10.1 Å². The average molecular weight is 288 g/mol. The van der Waals surface area contributed by atoms with Crippen LogP contribution in [-0.2, 0) is 0 Å². The molecule has 5 nitrogen and oxygen atoms in total. The largest absolute Gasteiger partial charge is 0.493 e. The van der Waals surface area contributed by atoms with Gasteiger partial charge in [-0.2, -0.15) is 4.98 Å². The van der Waals surface area contributed by atoms with Crippen molar-refractivity contribution >= 4 is 0 Å². The summed E-state index contributed by atoms with van der Waals surface area (Å²) in [7, 11) is 3.23. The molecule has 1 fully saturated rings. The van der Waals surface area contributed by atoms with Crippen LogP contribution in [0.25, 0.3) is 11.4 Å². The Morgan fingerprint density at radius 2 is 1.81 bits per heavy atom. The van der Waals surface area contributed by atoms with Gasteiger partial charge in [0.05, 0.1) is 14.2 Å². The van der Waals surface area contributed by atoms with Crippen LogP contribution in [0.1, 0.15) is 43.9 Å². The van der Waals surface area contributed by atoms with Gasteiger partial charge in [0, 0.05) is 11.5 Å². The van der Waals surface area contributed by atoms with Gasteiger partial charge < -0.3 is 14.0 Å². The predicted octanol–water partition coefficient (Wildman–Crippen LogP) is 3.80. The van der Waals surface area contributed by atoms with E-state index in [1.165, 1.54) is 19.3 Å². The number of benzene rings is 1. The molecule has 0 N–H and O–H groups in total. The Morgan fingerprint density at radius 1 is 1.05 bits per heavy atom. The van der Waals surface area contributed by atoms with E-state index in [4.69, 9.17) is 14.0 Å². The number of rotatable bonds is 4. The molecule has 0 aliphatic heterocycles. The number of hydrogen-bond donors (Lipinski definition) is 0. The Hall–Kier alpha value is -2.04. The molecule has 0 saturated heterocycles. The van der Waals surface area contributed by atoms with Crippen molar-refractivity contribution in [3.8, 4) is 22.9 Å². The van der Waals surface area contributed by atoms with Gasteiger partial charge in [-0.05, 0) is 31.0 Å². The van der Waals surface area contributed by atoms with Gasteiger partial charge in [-0.15, -0.1) is 0 Å². The lowest BCUT2D eigenvalue weighted by Crippen LogP contribution is -2.04. The van der Waals surface area contributed by atoms with Gasteiger partial charge in [-0.3, -0.25) is 0 Å². The molecule has 0 atom stereocenters. The molecule has 0 bridgehead atoms. The number of nitrogens with zero attached hydrogens (tertiary/aromatic N) is 2. The standard InChI is InChI=1S/C16H20N2O3/c1-19-13-9-8-12(10-14(13)20-2)15-17-16(21-18-15)11-6-4-3-5-7-11/h8-11H,3-7H2,1-2H3. The van der Waals surface area contributed by atoms with Crippen molar-refractivity contribution in [3.63, 3.8) is 0 Å². The van der Waals surface area contributed by atoms with Gasteiger partial charge in [0.25, 0.3) is 0 Å². The molecule has 112 valence electrons. The fourth-order valence-electron chi connectivity index (χ4n) is 2.84. The molecular weight excluding hydrogens is 268 g/mol. The Kier molecular flexibility index (Phi) is 4.08. The zero-order valence-corrected chi connectivity index (χ0v) is 12.5. The molecule has 5 heteroatoms. The van der Waals surface area contributed by atoms with Crippen LogP contribution in [0.5, 0.6) is 11.5 Å². The third kappa shape index (κ3) is 2.86. The first-order chi connectivity index (χ1) is 10.3. The highest BCUT2D eigenvalue weighted by atomic mass is 16.5. The molecule has 1 saturated carbocycles. The second kappa shape index (κ2) is 6.16. The normalized spacial score (nSPS) is 15.9. The van der Waals surface area contributed by atoms with Gasteiger partial charge >= 0.3 is 0 Å². The minimum atomic E-state index is 0.417. The second-order valence-corrected chi connectivity index (χ2v) is 5.36. The highest BCUT2D eigenvalue weighted by molar-refractivity contribution is 5.60. The second-order valence-electron chi connectivity index (χ2n) is 5.36. The van der Waals surface area contributed by atoms with Crippen LogP contribution in [0.3, 0.4) is 0 Å². The van der Waals surface area contributed by atoms with Gasteiger partial charge in [0.2, 0.25) is 11.7 Å². The maximum Gasteiger partial charge on any atom is 0.230 e. The highest BCUT2D eigenvalue weighted by Gasteiger charge is 2.22. The van der Waals surface area contributed by atoms with E-state index in [1.807, 2.05) is 18.2 Å². The zero-order valence-electron chi connectivity index (χ0n) is 12.5. The molecule has 21 heavy (non-hydrogen) atoms. The minimum Gasteiger partial charge on any atom is -0.493 e. The molecule has 3 rings (SSSR count). The van der Waals surface area contributed by atoms with Crippen molar-refractivity contribution in [1.29, 1.82) is 0 Å². The van der Waals surface area contributed by atoms with Crippen molar-refractivity contribution in [2.45, 2.75) is 38.0 Å². The Morgan fingerprint density at radius 3 is 2.52 bits per heavy atom. The fourth-order valence-corrected chi connectivity index (χ4v) is 2.84. The summed E-state index contributed by atoms with van der Waals surface area (Å²) in [6.07, 6.45) is 6.10. The lowest BCUT2D eigenvalue weighted by molar-refractivity contribution is 0.314. The van der Waals surface area contributed by atoms with Crippen LogP contribution in [0, 0.1) is 0 Å². The lowest BCUT2D eigenvalue weighted by Gasteiger charge is -2.17. The number of aromatic nitrogens is 2. The zero-order chi connectivity index (χ0) is 14.7. The first-order valence-corrected chi connectivity index (χ1v) is 7.38. The Balaban J connectivity index is 1.85. The van der Waals surface area contributed by atoms with Gasteiger partial charge in [-0.25, -0.2) is 0 Å².